The van der Waals surface area contributed by atoms with Crippen molar-refractivity contribution in [1.82, 2.24) is 19.6 Å². The first kappa shape index (κ1) is 40.1. The van der Waals surface area contributed by atoms with Gasteiger partial charge in [0.05, 0.1) is 37.6 Å². The Kier molecular flexibility index (Phi) is 10.8. The van der Waals surface area contributed by atoms with Gasteiger partial charge in [-0.25, -0.2) is 48.8 Å². The van der Waals surface area contributed by atoms with Gasteiger partial charge in [-0.1, -0.05) is 12.1 Å². The van der Waals surface area contributed by atoms with Crippen molar-refractivity contribution in [1.29, 1.82) is 0 Å². The Labute approximate surface area is 318 Å². The highest BCUT2D eigenvalue weighted by Crippen LogP contribution is 2.33. The molecule has 0 bridgehead atoms. The van der Waals surface area contributed by atoms with Crippen molar-refractivity contribution in [3.63, 3.8) is 0 Å². The second-order valence-electron chi connectivity index (χ2n) is 17.6. The summed E-state index contributed by atoms with van der Waals surface area (Å²) in [5.74, 6) is 0.289. The van der Waals surface area contributed by atoms with E-state index in [0.29, 0.717) is 24.2 Å². The van der Waals surface area contributed by atoms with Gasteiger partial charge in [-0.05, 0) is 142 Å². The monoisotopic (exact) mass is 746 g/mol. The van der Waals surface area contributed by atoms with Crippen LogP contribution < -0.4 is 0 Å². The molecule has 2 fully saturated rings. The number of benzene rings is 2. The molecule has 2 heterocycles. The third-order valence-corrected chi connectivity index (χ3v) is 8.12. The Morgan fingerprint density at radius 2 is 0.704 bits per heavy atom. The lowest BCUT2D eigenvalue weighted by Crippen LogP contribution is -2.44. The molecule has 0 aromatic heterocycles. The van der Waals surface area contributed by atoms with Crippen LogP contribution in [-0.2, 0) is 31.8 Å². The van der Waals surface area contributed by atoms with Crippen molar-refractivity contribution in [3.8, 4) is 0 Å². The Hall–Kier alpha value is -5.14. The maximum atomic E-state index is 13.2. The zero-order chi connectivity index (χ0) is 40.0. The van der Waals surface area contributed by atoms with Crippen LogP contribution in [0.15, 0.2) is 46.4 Å². The number of ether oxygens (including phenoxy) is 4. The fourth-order valence-electron chi connectivity index (χ4n) is 5.97. The molecule has 0 atom stereocenters. The maximum absolute atomic E-state index is 13.2. The molecule has 0 N–H and O–H groups in total. The van der Waals surface area contributed by atoms with Gasteiger partial charge in [-0.3, -0.25) is 0 Å². The SMILES string of the molecule is CC(C)(C)OC(=O)N1CCN(C(=O)OC(C)(C)C)C1=Nc1ccc2c(c1)Cc1ccc(N=C3N(C(=O)OC(C)(C)C)CCN3C(=O)OC(C)(C)C)cc1C2. The summed E-state index contributed by atoms with van der Waals surface area (Å²) in [6.45, 7) is 22.3. The molecule has 2 saturated heterocycles. The van der Waals surface area contributed by atoms with Crippen LogP contribution in [0.5, 0.6) is 0 Å². The molecule has 3 aliphatic rings. The summed E-state index contributed by atoms with van der Waals surface area (Å²) in [6, 6.07) is 11.6. The fourth-order valence-corrected chi connectivity index (χ4v) is 5.97. The van der Waals surface area contributed by atoms with Crippen molar-refractivity contribution in [3.05, 3.63) is 58.7 Å². The van der Waals surface area contributed by atoms with E-state index in [1.165, 1.54) is 19.6 Å². The van der Waals surface area contributed by atoms with Crippen molar-refractivity contribution < 1.29 is 38.1 Å². The van der Waals surface area contributed by atoms with Crippen LogP contribution in [0.3, 0.4) is 0 Å². The van der Waals surface area contributed by atoms with Crippen molar-refractivity contribution in [2.75, 3.05) is 26.2 Å². The van der Waals surface area contributed by atoms with E-state index in [4.69, 9.17) is 28.9 Å². The number of hydrogen-bond acceptors (Lipinski definition) is 10. The van der Waals surface area contributed by atoms with E-state index in [0.717, 1.165) is 22.3 Å². The van der Waals surface area contributed by atoms with Gasteiger partial charge in [0.15, 0.2) is 0 Å². The van der Waals surface area contributed by atoms with E-state index in [9.17, 15) is 19.2 Å². The summed E-state index contributed by atoms with van der Waals surface area (Å²) in [7, 11) is 0. The number of fused-ring (bicyclic) bond motifs is 2. The first-order valence-corrected chi connectivity index (χ1v) is 18.3. The third-order valence-electron chi connectivity index (χ3n) is 8.12. The summed E-state index contributed by atoms with van der Waals surface area (Å²) >= 11 is 0. The van der Waals surface area contributed by atoms with Crippen LogP contribution in [0.2, 0.25) is 0 Å². The Balaban J connectivity index is 1.43. The molecule has 2 aromatic rings. The highest BCUT2D eigenvalue weighted by Gasteiger charge is 2.41. The zero-order valence-electron chi connectivity index (χ0n) is 33.7. The number of amides is 4. The number of nitrogens with zero attached hydrogens (tertiary/aromatic N) is 6. The number of carbonyl (C=O) groups excluding carboxylic acids is 4. The number of hydrogen-bond donors (Lipinski definition) is 0. The predicted molar refractivity (Wildman–Crippen MR) is 204 cm³/mol. The van der Waals surface area contributed by atoms with Gasteiger partial charge in [-0.15, -0.1) is 0 Å². The van der Waals surface area contributed by atoms with E-state index in [-0.39, 0.29) is 38.1 Å². The summed E-state index contributed by atoms with van der Waals surface area (Å²) in [5, 5.41) is 0. The quantitative estimate of drug-likeness (QED) is 0.239. The van der Waals surface area contributed by atoms with Gasteiger partial charge in [-0.2, -0.15) is 0 Å². The van der Waals surface area contributed by atoms with Crippen LogP contribution in [0, 0.1) is 0 Å². The lowest BCUT2D eigenvalue weighted by molar-refractivity contribution is 0.0351. The highest BCUT2D eigenvalue weighted by molar-refractivity contribution is 6.05. The summed E-state index contributed by atoms with van der Waals surface area (Å²) in [5.41, 5.74) is 2.47. The van der Waals surface area contributed by atoms with Gasteiger partial charge in [0.2, 0.25) is 11.9 Å². The molecule has 14 heteroatoms. The zero-order valence-corrected chi connectivity index (χ0v) is 33.7. The average molecular weight is 747 g/mol. The minimum Gasteiger partial charge on any atom is -0.443 e. The number of guanidine groups is 2. The van der Waals surface area contributed by atoms with Crippen LogP contribution in [0.4, 0.5) is 30.6 Å². The molecule has 0 spiro atoms. The van der Waals surface area contributed by atoms with Gasteiger partial charge in [0.25, 0.3) is 0 Å². The first-order chi connectivity index (χ1) is 24.9. The lowest BCUT2D eigenvalue weighted by Gasteiger charge is -2.27. The predicted octanol–water partition coefficient (Wildman–Crippen LogP) is 8.13. The number of aliphatic imine (C=N–C) groups is 2. The molecule has 4 amide bonds. The smallest absolute Gasteiger partial charge is 0.417 e. The Morgan fingerprint density at radius 1 is 0.444 bits per heavy atom. The van der Waals surface area contributed by atoms with Crippen LogP contribution in [0.1, 0.15) is 105 Å². The molecule has 2 aliphatic heterocycles. The molecule has 14 nitrogen and oxygen atoms in total. The van der Waals surface area contributed by atoms with Gasteiger partial charge in [0, 0.05) is 0 Å². The van der Waals surface area contributed by atoms with E-state index in [2.05, 4.69) is 0 Å². The Bertz CT molecular complexity index is 1660. The fraction of sp³-hybridized carbons (Fsp3) is 0.550. The van der Waals surface area contributed by atoms with E-state index in [1.807, 2.05) is 36.4 Å². The highest BCUT2D eigenvalue weighted by atomic mass is 16.6. The van der Waals surface area contributed by atoms with Gasteiger partial charge in [0.1, 0.15) is 22.4 Å². The van der Waals surface area contributed by atoms with Crippen molar-refractivity contribution in [2.45, 2.75) is 118 Å². The van der Waals surface area contributed by atoms with E-state index >= 15 is 0 Å². The van der Waals surface area contributed by atoms with Crippen LogP contribution in [-0.4, -0.2) is 104 Å². The molecule has 5 rings (SSSR count). The second-order valence-corrected chi connectivity index (χ2v) is 17.6. The topological polar surface area (TPSA) is 143 Å². The molecule has 2 aromatic carbocycles. The molecule has 54 heavy (non-hydrogen) atoms. The third kappa shape index (κ3) is 10.1. The van der Waals surface area contributed by atoms with Crippen LogP contribution >= 0.6 is 0 Å². The van der Waals surface area contributed by atoms with Gasteiger partial charge >= 0.3 is 24.4 Å². The van der Waals surface area contributed by atoms with E-state index < -0.39 is 46.8 Å². The normalized spacial score (nSPS) is 16.1. The summed E-state index contributed by atoms with van der Waals surface area (Å²) < 4.78 is 22.6. The largest absolute Gasteiger partial charge is 0.443 e. The molecule has 292 valence electrons. The molecule has 0 saturated carbocycles. The average Bonchev–Trinajstić information content (AvgIpc) is 3.61. The molecular formula is C40H54N6O8. The van der Waals surface area contributed by atoms with Crippen molar-refractivity contribution in [2.24, 2.45) is 9.98 Å². The summed E-state index contributed by atoms with van der Waals surface area (Å²) in [6.07, 6.45) is -1.17. The standard InChI is InChI=1S/C40H54N6O8/c1-37(2,3)51-33(47)43-17-18-44(34(48)52-38(4,5)6)31(43)41-29-15-13-25-22-28-24-30(16-14-26(28)21-27(25)23-29)42-32-45(35(49)53-39(7,8)9)19-20-46(32)36(50)54-40(10,11)12/h13-16,23-24H,17-22H2,1-12H3. The Morgan fingerprint density at radius 3 is 0.944 bits per heavy atom. The van der Waals surface area contributed by atoms with Crippen molar-refractivity contribution >= 4 is 47.7 Å². The first-order valence-electron chi connectivity index (χ1n) is 18.3. The minimum atomic E-state index is -0.737. The summed E-state index contributed by atoms with van der Waals surface area (Å²) in [4.78, 5) is 68.0. The van der Waals surface area contributed by atoms with E-state index in [1.54, 1.807) is 83.1 Å². The minimum absolute atomic E-state index is 0.145. The van der Waals surface area contributed by atoms with Crippen LogP contribution in [0.25, 0.3) is 0 Å². The maximum Gasteiger partial charge on any atom is 0.417 e. The number of carbonyl (C=O) groups is 4. The second kappa shape index (κ2) is 14.6. The molecular weight excluding hydrogens is 692 g/mol. The molecule has 0 unspecified atom stereocenters. The lowest BCUT2D eigenvalue weighted by atomic mass is 9.85. The number of rotatable bonds is 2. The molecule has 0 radical (unpaired) electrons. The van der Waals surface area contributed by atoms with Gasteiger partial charge < -0.3 is 18.9 Å². The molecule has 1 aliphatic carbocycles.